The van der Waals surface area contributed by atoms with Crippen LogP contribution in [0.5, 0.6) is 0 Å². The maximum absolute atomic E-state index is 13.5. The van der Waals surface area contributed by atoms with Gasteiger partial charge in [0.15, 0.2) is 0 Å². The van der Waals surface area contributed by atoms with E-state index in [1.54, 1.807) is 26.0 Å². The summed E-state index contributed by atoms with van der Waals surface area (Å²) in [6, 6.07) is 11.1. The first-order valence-corrected chi connectivity index (χ1v) is 6.00. The van der Waals surface area contributed by atoms with Gasteiger partial charge in [-0.25, -0.2) is 4.39 Å². The van der Waals surface area contributed by atoms with Crippen molar-refractivity contribution < 1.29 is 9.50 Å². The standard InChI is InChI=1S/C16H17FO/c1-10-4-6-13(7-5-10)16(18)14-8-11(2)15(17)12(3)9-14/h4-9,16,18H,1-3H3. The second-order valence-corrected chi connectivity index (χ2v) is 4.78. The van der Waals surface area contributed by atoms with Gasteiger partial charge in [-0.05, 0) is 43.0 Å². The maximum atomic E-state index is 13.5. The Morgan fingerprint density at radius 3 is 1.89 bits per heavy atom. The average molecular weight is 244 g/mol. The minimum atomic E-state index is -0.705. The van der Waals surface area contributed by atoms with E-state index in [0.717, 1.165) is 16.7 Å². The summed E-state index contributed by atoms with van der Waals surface area (Å²) >= 11 is 0. The van der Waals surface area contributed by atoms with Crippen LogP contribution in [0, 0.1) is 26.6 Å². The summed E-state index contributed by atoms with van der Waals surface area (Å²) in [5.41, 5.74) is 3.84. The van der Waals surface area contributed by atoms with Gasteiger partial charge in [0, 0.05) is 0 Å². The SMILES string of the molecule is Cc1ccc(C(O)c2cc(C)c(F)c(C)c2)cc1. The van der Waals surface area contributed by atoms with Gasteiger partial charge in [-0.15, -0.1) is 0 Å². The van der Waals surface area contributed by atoms with Crippen molar-refractivity contribution in [2.45, 2.75) is 26.9 Å². The van der Waals surface area contributed by atoms with E-state index in [9.17, 15) is 9.50 Å². The largest absolute Gasteiger partial charge is 0.384 e. The minimum absolute atomic E-state index is 0.199. The first kappa shape index (κ1) is 12.8. The number of hydrogen-bond acceptors (Lipinski definition) is 1. The first-order valence-electron chi connectivity index (χ1n) is 6.00. The summed E-state index contributed by atoms with van der Waals surface area (Å²) in [7, 11) is 0. The molecule has 1 unspecified atom stereocenters. The van der Waals surface area contributed by atoms with E-state index in [2.05, 4.69) is 0 Å². The summed E-state index contributed by atoms with van der Waals surface area (Å²) in [6.45, 7) is 5.43. The van der Waals surface area contributed by atoms with E-state index >= 15 is 0 Å². The van der Waals surface area contributed by atoms with E-state index in [0.29, 0.717) is 11.1 Å². The Bertz CT molecular complexity index is 535. The molecule has 2 aromatic rings. The highest BCUT2D eigenvalue weighted by Gasteiger charge is 2.13. The van der Waals surface area contributed by atoms with Crippen molar-refractivity contribution in [3.05, 3.63) is 70.0 Å². The van der Waals surface area contributed by atoms with E-state index < -0.39 is 6.10 Å². The van der Waals surface area contributed by atoms with Gasteiger partial charge < -0.3 is 5.11 Å². The molecule has 0 spiro atoms. The zero-order valence-corrected chi connectivity index (χ0v) is 10.9. The monoisotopic (exact) mass is 244 g/mol. The lowest BCUT2D eigenvalue weighted by Gasteiger charge is -2.14. The van der Waals surface area contributed by atoms with E-state index in [1.807, 2.05) is 31.2 Å². The quantitative estimate of drug-likeness (QED) is 0.851. The van der Waals surface area contributed by atoms with Gasteiger partial charge in [-0.1, -0.05) is 42.0 Å². The van der Waals surface area contributed by atoms with Crippen molar-refractivity contribution in [1.29, 1.82) is 0 Å². The molecule has 1 atom stereocenters. The van der Waals surface area contributed by atoms with E-state index in [4.69, 9.17) is 0 Å². The van der Waals surface area contributed by atoms with Crippen LogP contribution >= 0.6 is 0 Å². The van der Waals surface area contributed by atoms with Crippen molar-refractivity contribution in [2.24, 2.45) is 0 Å². The number of benzene rings is 2. The molecule has 0 heterocycles. The topological polar surface area (TPSA) is 20.2 Å². The summed E-state index contributed by atoms with van der Waals surface area (Å²) in [4.78, 5) is 0. The van der Waals surface area contributed by atoms with Gasteiger partial charge in [0.05, 0.1) is 0 Å². The Balaban J connectivity index is 2.39. The van der Waals surface area contributed by atoms with Crippen molar-refractivity contribution in [3.8, 4) is 0 Å². The Kier molecular flexibility index (Phi) is 3.48. The van der Waals surface area contributed by atoms with Crippen LogP contribution in [0.25, 0.3) is 0 Å². The van der Waals surface area contributed by atoms with Gasteiger partial charge in [0.2, 0.25) is 0 Å². The third-order valence-corrected chi connectivity index (χ3v) is 3.17. The Morgan fingerprint density at radius 2 is 1.39 bits per heavy atom. The molecule has 2 rings (SSSR count). The van der Waals surface area contributed by atoms with Crippen molar-refractivity contribution in [3.63, 3.8) is 0 Å². The van der Waals surface area contributed by atoms with Crippen molar-refractivity contribution in [1.82, 2.24) is 0 Å². The van der Waals surface area contributed by atoms with Crippen LogP contribution in [0.1, 0.15) is 33.9 Å². The summed E-state index contributed by atoms with van der Waals surface area (Å²) in [5.74, 6) is -0.199. The molecule has 0 amide bonds. The lowest BCUT2D eigenvalue weighted by Crippen LogP contribution is -2.02. The van der Waals surface area contributed by atoms with Crippen LogP contribution in [0.4, 0.5) is 4.39 Å². The Morgan fingerprint density at radius 1 is 0.889 bits per heavy atom. The first-order chi connectivity index (χ1) is 8.49. The number of halogens is 1. The number of aliphatic hydroxyl groups excluding tert-OH is 1. The lowest BCUT2D eigenvalue weighted by atomic mass is 9.97. The summed E-state index contributed by atoms with van der Waals surface area (Å²) < 4.78 is 13.5. The molecular formula is C16H17FO. The molecular weight excluding hydrogens is 227 g/mol. The third-order valence-electron chi connectivity index (χ3n) is 3.17. The molecule has 18 heavy (non-hydrogen) atoms. The fourth-order valence-electron chi connectivity index (χ4n) is 2.08. The molecule has 0 bridgehead atoms. The van der Waals surface area contributed by atoms with Crippen LogP contribution in [-0.2, 0) is 0 Å². The molecule has 0 fully saturated rings. The zero-order valence-electron chi connectivity index (χ0n) is 10.9. The molecule has 1 nitrogen and oxygen atoms in total. The van der Waals surface area contributed by atoms with Crippen LogP contribution in [-0.4, -0.2) is 5.11 Å². The van der Waals surface area contributed by atoms with Gasteiger partial charge in [-0.2, -0.15) is 0 Å². The normalized spacial score (nSPS) is 12.5. The number of hydrogen-bond donors (Lipinski definition) is 1. The molecule has 0 aliphatic rings. The van der Waals surface area contributed by atoms with E-state index in [1.165, 1.54) is 0 Å². The highest BCUT2D eigenvalue weighted by molar-refractivity contribution is 5.37. The lowest BCUT2D eigenvalue weighted by molar-refractivity contribution is 0.220. The molecule has 0 aliphatic heterocycles. The fraction of sp³-hybridized carbons (Fsp3) is 0.250. The number of rotatable bonds is 2. The van der Waals surface area contributed by atoms with E-state index in [-0.39, 0.29) is 5.82 Å². The highest BCUT2D eigenvalue weighted by atomic mass is 19.1. The van der Waals surface area contributed by atoms with Crippen LogP contribution in [0.15, 0.2) is 36.4 Å². The maximum Gasteiger partial charge on any atom is 0.129 e. The molecule has 94 valence electrons. The molecule has 0 saturated carbocycles. The van der Waals surface area contributed by atoms with Gasteiger partial charge in [0.1, 0.15) is 11.9 Å². The Labute approximate surface area is 107 Å². The molecule has 1 N–H and O–H groups in total. The average Bonchev–Trinajstić information content (AvgIpc) is 2.35. The van der Waals surface area contributed by atoms with Crippen molar-refractivity contribution >= 4 is 0 Å². The number of aryl methyl sites for hydroxylation is 3. The van der Waals surface area contributed by atoms with Crippen molar-refractivity contribution in [2.75, 3.05) is 0 Å². The molecule has 0 aromatic heterocycles. The molecule has 0 aliphatic carbocycles. The predicted molar refractivity (Wildman–Crippen MR) is 71.1 cm³/mol. The minimum Gasteiger partial charge on any atom is -0.384 e. The molecule has 2 heteroatoms. The number of aliphatic hydroxyl groups is 1. The predicted octanol–water partition coefficient (Wildman–Crippen LogP) is 3.83. The van der Waals surface area contributed by atoms with Crippen LogP contribution in [0.3, 0.4) is 0 Å². The van der Waals surface area contributed by atoms with Gasteiger partial charge in [-0.3, -0.25) is 0 Å². The third kappa shape index (κ3) is 2.44. The summed E-state index contributed by atoms with van der Waals surface area (Å²) in [6.07, 6.45) is -0.705. The van der Waals surface area contributed by atoms with Crippen LogP contribution in [0.2, 0.25) is 0 Å². The highest BCUT2D eigenvalue weighted by Crippen LogP contribution is 2.25. The van der Waals surface area contributed by atoms with Crippen LogP contribution < -0.4 is 0 Å². The fourth-order valence-corrected chi connectivity index (χ4v) is 2.08. The Hall–Kier alpha value is -1.67. The van der Waals surface area contributed by atoms with Gasteiger partial charge >= 0.3 is 0 Å². The smallest absolute Gasteiger partial charge is 0.129 e. The second-order valence-electron chi connectivity index (χ2n) is 4.78. The molecule has 2 aromatic carbocycles. The zero-order chi connectivity index (χ0) is 13.3. The summed E-state index contributed by atoms with van der Waals surface area (Å²) in [5, 5.41) is 10.3. The van der Waals surface area contributed by atoms with Gasteiger partial charge in [0.25, 0.3) is 0 Å². The molecule has 0 saturated heterocycles. The second kappa shape index (κ2) is 4.91. The molecule has 0 radical (unpaired) electrons.